The van der Waals surface area contributed by atoms with E-state index in [1.807, 2.05) is 24.4 Å². The van der Waals surface area contributed by atoms with E-state index in [0.717, 1.165) is 21.7 Å². The molecule has 0 radical (unpaired) electrons. The molecule has 0 aromatic carbocycles. The summed E-state index contributed by atoms with van der Waals surface area (Å²) in [5, 5.41) is 11.9. The molecule has 7 heteroatoms. The second kappa shape index (κ2) is 6.25. The number of carboxylic acids is 1. The Labute approximate surface area is 140 Å². The zero-order valence-electron chi connectivity index (χ0n) is 12.8. The fraction of sp³-hybridized carbons (Fsp3) is 0.312. The zero-order chi connectivity index (χ0) is 16.6. The molecule has 0 spiro atoms. The number of aromatic nitrogens is 2. The minimum absolute atomic E-state index is 0.274. The number of carboxylic acid groups (broad SMARTS) is 1. The minimum Gasteiger partial charge on any atom is -0.480 e. The highest BCUT2D eigenvalue weighted by Gasteiger charge is 2.23. The van der Waals surface area contributed by atoms with Gasteiger partial charge in [0, 0.05) is 15.3 Å². The summed E-state index contributed by atoms with van der Waals surface area (Å²) < 4.78 is 1.24. The molecule has 0 bridgehead atoms. The lowest BCUT2D eigenvalue weighted by Crippen LogP contribution is -2.29. The van der Waals surface area contributed by atoms with Gasteiger partial charge < -0.3 is 5.11 Å². The van der Waals surface area contributed by atoms with Gasteiger partial charge in [0.2, 0.25) is 0 Å². The number of thiophene rings is 2. The maximum atomic E-state index is 12.9. The molecule has 5 nitrogen and oxygen atoms in total. The first-order valence-corrected chi connectivity index (χ1v) is 9.07. The molecule has 0 aliphatic heterocycles. The summed E-state index contributed by atoms with van der Waals surface area (Å²) in [5.41, 5.74) is 0.637. The Bertz CT molecular complexity index is 909. The van der Waals surface area contributed by atoms with Gasteiger partial charge in [0.1, 0.15) is 10.9 Å². The topological polar surface area (TPSA) is 72.2 Å². The maximum absolute atomic E-state index is 12.9. The maximum Gasteiger partial charge on any atom is 0.326 e. The van der Waals surface area contributed by atoms with Crippen LogP contribution < -0.4 is 5.56 Å². The van der Waals surface area contributed by atoms with E-state index in [0.29, 0.717) is 16.6 Å². The lowest BCUT2D eigenvalue weighted by molar-refractivity contribution is -0.141. The Kier molecular flexibility index (Phi) is 4.32. The highest BCUT2D eigenvalue weighted by molar-refractivity contribution is 7.20. The fourth-order valence-corrected chi connectivity index (χ4v) is 4.64. The first kappa shape index (κ1) is 15.9. The van der Waals surface area contributed by atoms with E-state index in [2.05, 4.69) is 4.98 Å². The average molecular weight is 348 g/mol. The quantitative estimate of drug-likeness (QED) is 0.761. The van der Waals surface area contributed by atoms with Crippen LogP contribution in [-0.4, -0.2) is 20.6 Å². The predicted octanol–water partition coefficient (Wildman–Crippen LogP) is 3.78. The van der Waals surface area contributed by atoms with E-state index in [1.165, 1.54) is 22.2 Å². The van der Waals surface area contributed by atoms with Crippen molar-refractivity contribution in [3.05, 3.63) is 39.1 Å². The molecule has 0 saturated carbocycles. The minimum atomic E-state index is -1.01. The van der Waals surface area contributed by atoms with E-state index in [1.54, 1.807) is 18.3 Å². The van der Waals surface area contributed by atoms with Gasteiger partial charge in [-0.2, -0.15) is 0 Å². The second-order valence-corrected chi connectivity index (χ2v) is 7.16. The Morgan fingerprint density at radius 3 is 2.78 bits per heavy atom. The van der Waals surface area contributed by atoms with Gasteiger partial charge in [-0.15, -0.1) is 22.7 Å². The second-order valence-electron chi connectivity index (χ2n) is 5.13. The molecule has 3 aromatic heterocycles. The SMILES string of the molecule is CCc1sc2ncn(C(CC)C(=O)O)c(=O)c2c1-c1cccs1. The molecule has 0 aliphatic rings. The van der Waals surface area contributed by atoms with Crippen molar-refractivity contribution < 1.29 is 9.90 Å². The first-order valence-electron chi connectivity index (χ1n) is 7.37. The number of carbonyl (C=O) groups is 1. The summed E-state index contributed by atoms with van der Waals surface area (Å²) in [4.78, 5) is 31.5. The number of hydrogen-bond acceptors (Lipinski definition) is 5. The smallest absolute Gasteiger partial charge is 0.326 e. The molecule has 0 fully saturated rings. The van der Waals surface area contributed by atoms with Gasteiger partial charge in [-0.3, -0.25) is 9.36 Å². The fourth-order valence-electron chi connectivity index (χ4n) is 2.69. The first-order chi connectivity index (χ1) is 11.1. The van der Waals surface area contributed by atoms with E-state index in [9.17, 15) is 14.7 Å². The van der Waals surface area contributed by atoms with E-state index in [4.69, 9.17) is 0 Å². The van der Waals surface area contributed by atoms with Crippen LogP contribution in [0.4, 0.5) is 0 Å². The molecule has 23 heavy (non-hydrogen) atoms. The number of hydrogen-bond donors (Lipinski definition) is 1. The van der Waals surface area contributed by atoms with Crippen LogP contribution in [0.15, 0.2) is 28.6 Å². The van der Waals surface area contributed by atoms with Crippen molar-refractivity contribution in [2.45, 2.75) is 32.7 Å². The highest BCUT2D eigenvalue weighted by atomic mass is 32.1. The van der Waals surface area contributed by atoms with Gasteiger partial charge in [-0.1, -0.05) is 19.9 Å². The van der Waals surface area contributed by atoms with Gasteiger partial charge in [0.15, 0.2) is 0 Å². The van der Waals surface area contributed by atoms with Crippen LogP contribution in [0.2, 0.25) is 0 Å². The van der Waals surface area contributed by atoms with Gasteiger partial charge in [-0.05, 0) is 24.3 Å². The third-order valence-corrected chi connectivity index (χ3v) is 5.94. The summed E-state index contributed by atoms with van der Waals surface area (Å²) in [6.07, 6.45) is 2.51. The molecule has 3 aromatic rings. The highest BCUT2D eigenvalue weighted by Crippen LogP contribution is 2.38. The zero-order valence-corrected chi connectivity index (χ0v) is 14.4. The van der Waals surface area contributed by atoms with Gasteiger partial charge >= 0.3 is 5.97 Å². The summed E-state index contributed by atoms with van der Waals surface area (Å²) in [6, 6.07) is 3.04. The summed E-state index contributed by atoms with van der Waals surface area (Å²) in [5.74, 6) is -1.01. The number of rotatable bonds is 5. The number of aryl methyl sites for hydroxylation is 1. The Hall–Kier alpha value is -1.99. The van der Waals surface area contributed by atoms with Crippen molar-refractivity contribution in [1.82, 2.24) is 9.55 Å². The Balaban J connectivity index is 2.34. The van der Waals surface area contributed by atoms with Crippen molar-refractivity contribution in [2.24, 2.45) is 0 Å². The Morgan fingerprint density at radius 1 is 1.43 bits per heavy atom. The van der Waals surface area contributed by atoms with Crippen molar-refractivity contribution in [1.29, 1.82) is 0 Å². The molecule has 3 rings (SSSR count). The lowest BCUT2D eigenvalue weighted by atomic mass is 10.1. The lowest BCUT2D eigenvalue weighted by Gasteiger charge is -2.13. The summed E-state index contributed by atoms with van der Waals surface area (Å²) in [7, 11) is 0. The molecule has 120 valence electrons. The molecule has 1 N–H and O–H groups in total. The van der Waals surface area contributed by atoms with Crippen LogP contribution in [-0.2, 0) is 11.2 Å². The number of nitrogens with zero attached hydrogens (tertiary/aromatic N) is 2. The molecular weight excluding hydrogens is 332 g/mol. The van der Waals surface area contributed by atoms with E-state index < -0.39 is 12.0 Å². The number of fused-ring (bicyclic) bond motifs is 1. The molecule has 0 aliphatic carbocycles. The van der Waals surface area contributed by atoms with Crippen LogP contribution in [0.1, 0.15) is 31.2 Å². The largest absolute Gasteiger partial charge is 0.480 e. The van der Waals surface area contributed by atoms with Crippen LogP contribution in [0.5, 0.6) is 0 Å². The average Bonchev–Trinajstić information content (AvgIpc) is 3.16. The van der Waals surface area contributed by atoms with Crippen LogP contribution in [0.3, 0.4) is 0 Å². The molecule has 1 unspecified atom stereocenters. The standard InChI is InChI=1S/C16H16N2O3S2/c1-3-9(16(20)21)18-8-17-14-13(15(18)19)12(10(4-2)23-14)11-6-5-7-22-11/h5-9H,3-4H2,1-2H3,(H,20,21). The van der Waals surface area contributed by atoms with Crippen molar-refractivity contribution >= 4 is 38.9 Å². The van der Waals surface area contributed by atoms with Crippen molar-refractivity contribution in [2.75, 3.05) is 0 Å². The molecule has 0 amide bonds. The van der Waals surface area contributed by atoms with Crippen molar-refractivity contribution in [3.63, 3.8) is 0 Å². The molecule has 3 heterocycles. The van der Waals surface area contributed by atoms with Crippen LogP contribution in [0, 0.1) is 0 Å². The third kappa shape index (κ3) is 2.60. The summed E-state index contributed by atoms with van der Waals surface area (Å²) >= 11 is 3.08. The molecule has 0 saturated heterocycles. The number of aliphatic carboxylic acids is 1. The Morgan fingerprint density at radius 2 is 2.22 bits per heavy atom. The normalized spacial score (nSPS) is 12.6. The van der Waals surface area contributed by atoms with E-state index in [-0.39, 0.29) is 5.56 Å². The molecular formula is C16H16N2O3S2. The van der Waals surface area contributed by atoms with E-state index >= 15 is 0 Å². The monoisotopic (exact) mass is 348 g/mol. The third-order valence-electron chi connectivity index (χ3n) is 3.81. The van der Waals surface area contributed by atoms with Crippen LogP contribution >= 0.6 is 22.7 Å². The van der Waals surface area contributed by atoms with Crippen LogP contribution in [0.25, 0.3) is 20.7 Å². The van der Waals surface area contributed by atoms with Gasteiger partial charge in [0.05, 0.1) is 11.7 Å². The van der Waals surface area contributed by atoms with Gasteiger partial charge in [-0.25, -0.2) is 9.78 Å². The van der Waals surface area contributed by atoms with Crippen molar-refractivity contribution in [3.8, 4) is 10.4 Å². The predicted molar refractivity (Wildman–Crippen MR) is 93.5 cm³/mol. The van der Waals surface area contributed by atoms with Gasteiger partial charge in [0.25, 0.3) is 5.56 Å². The molecule has 1 atom stereocenters. The summed E-state index contributed by atoms with van der Waals surface area (Å²) in [6.45, 7) is 3.80.